The highest BCUT2D eigenvalue weighted by atomic mass is 35.5. The maximum absolute atomic E-state index is 14.0. The lowest BCUT2D eigenvalue weighted by atomic mass is 9.96. The summed E-state index contributed by atoms with van der Waals surface area (Å²) in [5.74, 6) is 0.640. The van der Waals surface area contributed by atoms with E-state index in [1.807, 2.05) is 62.4 Å². The Morgan fingerprint density at radius 3 is 2.49 bits per heavy atom. The Morgan fingerprint density at radius 1 is 1.04 bits per heavy atom. The van der Waals surface area contributed by atoms with Gasteiger partial charge in [-0.25, -0.2) is 4.98 Å². The van der Waals surface area contributed by atoms with Crippen LogP contribution in [0.15, 0.2) is 66.9 Å². The zero-order chi connectivity index (χ0) is 33.5. The lowest BCUT2D eigenvalue weighted by Crippen LogP contribution is -2.36. The van der Waals surface area contributed by atoms with Gasteiger partial charge in [0.05, 0.1) is 5.56 Å². The van der Waals surface area contributed by atoms with Crippen LogP contribution in [0.3, 0.4) is 0 Å². The van der Waals surface area contributed by atoms with E-state index in [0.717, 1.165) is 35.1 Å². The molecule has 12 nitrogen and oxygen atoms in total. The minimum absolute atomic E-state index is 0.0347. The van der Waals surface area contributed by atoms with Crippen molar-refractivity contribution in [1.29, 1.82) is 0 Å². The van der Waals surface area contributed by atoms with Gasteiger partial charge in [0, 0.05) is 45.4 Å². The molecule has 47 heavy (non-hydrogen) atoms. The van der Waals surface area contributed by atoms with Crippen LogP contribution in [-0.4, -0.2) is 56.4 Å². The largest absolute Gasteiger partial charge is 0.618 e. The summed E-state index contributed by atoms with van der Waals surface area (Å²) in [5, 5.41) is 25.7. The van der Waals surface area contributed by atoms with Gasteiger partial charge in [0.25, 0.3) is 11.5 Å². The van der Waals surface area contributed by atoms with E-state index in [0.29, 0.717) is 35.0 Å². The number of carbonyl (C=O) groups excluding carboxylic acids is 1. The number of tetrazole rings is 1. The van der Waals surface area contributed by atoms with Crippen LogP contribution in [0.4, 0.5) is 0 Å². The Bertz CT molecular complexity index is 1820. The SMILES string of the molecule is CCCCc1nc(Cl)c(C(=O)c2ccc(C(OC)OC)c[n+]2[O-])n1Cc1ccc(-c2ccccc2)c(-c2nnnn2C(C)OCC)c1. The number of unbranched alkanes of at least 4 members (excludes halogenated alkanes) is 1. The number of hydrogen-bond acceptors (Lipinski definition) is 9. The van der Waals surface area contributed by atoms with Crippen LogP contribution in [0.2, 0.25) is 5.15 Å². The molecule has 0 amide bonds. The minimum atomic E-state index is -0.750. The molecule has 0 radical (unpaired) electrons. The molecule has 5 aromatic rings. The monoisotopic (exact) mass is 659 g/mol. The number of imidazole rings is 1. The van der Waals surface area contributed by atoms with Gasteiger partial charge in [-0.3, -0.25) is 4.79 Å². The highest BCUT2D eigenvalue weighted by Crippen LogP contribution is 2.34. The van der Waals surface area contributed by atoms with E-state index >= 15 is 0 Å². The first-order chi connectivity index (χ1) is 22.8. The third-order valence-electron chi connectivity index (χ3n) is 7.84. The Hall–Kier alpha value is -4.49. The fraction of sp³-hybridized carbons (Fsp3) is 0.353. The van der Waals surface area contributed by atoms with Crippen molar-refractivity contribution in [2.24, 2.45) is 0 Å². The normalized spacial score (nSPS) is 12.1. The van der Waals surface area contributed by atoms with E-state index in [-0.39, 0.29) is 23.1 Å². The average Bonchev–Trinajstić information content (AvgIpc) is 3.69. The fourth-order valence-corrected chi connectivity index (χ4v) is 5.82. The molecular weight excluding hydrogens is 622 g/mol. The summed E-state index contributed by atoms with van der Waals surface area (Å²) in [6.07, 6.45) is 2.48. The molecular formula is C34H38ClN7O5. The first kappa shape index (κ1) is 33.9. The third-order valence-corrected chi connectivity index (χ3v) is 8.10. The number of carbonyl (C=O) groups is 1. The summed E-state index contributed by atoms with van der Waals surface area (Å²) >= 11 is 6.67. The van der Waals surface area contributed by atoms with Gasteiger partial charge >= 0.3 is 0 Å². The molecule has 0 aliphatic heterocycles. The van der Waals surface area contributed by atoms with Gasteiger partial charge in [0.15, 0.2) is 29.7 Å². The molecule has 0 spiro atoms. The molecule has 0 bridgehead atoms. The summed E-state index contributed by atoms with van der Waals surface area (Å²) in [4.78, 5) is 18.6. The number of aryl methyl sites for hydroxylation is 1. The molecule has 0 saturated carbocycles. The molecule has 1 atom stereocenters. The summed E-state index contributed by atoms with van der Waals surface area (Å²) in [6.45, 7) is 6.64. The average molecular weight is 660 g/mol. The maximum Gasteiger partial charge on any atom is 0.277 e. The molecule has 0 fully saturated rings. The summed E-state index contributed by atoms with van der Waals surface area (Å²) in [7, 11) is 2.94. The minimum Gasteiger partial charge on any atom is -0.618 e. The van der Waals surface area contributed by atoms with Crippen LogP contribution in [0.1, 0.15) is 79.3 Å². The van der Waals surface area contributed by atoms with Crippen LogP contribution >= 0.6 is 11.6 Å². The Labute approximate surface area is 278 Å². The van der Waals surface area contributed by atoms with Crippen LogP contribution in [0.5, 0.6) is 0 Å². The maximum atomic E-state index is 14.0. The number of halogens is 1. The zero-order valence-electron chi connectivity index (χ0n) is 27.1. The number of benzene rings is 2. The van der Waals surface area contributed by atoms with Crippen molar-refractivity contribution >= 4 is 17.4 Å². The predicted molar refractivity (Wildman–Crippen MR) is 176 cm³/mol. The van der Waals surface area contributed by atoms with E-state index in [9.17, 15) is 10.0 Å². The number of ketones is 1. The predicted octanol–water partition coefficient (Wildman–Crippen LogP) is 5.96. The molecule has 13 heteroatoms. The van der Waals surface area contributed by atoms with Crippen LogP contribution < -0.4 is 4.73 Å². The second-order valence-corrected chi connectivity index (χ2v) is 11.3. The molecule has 0 saturated heterocycles. The van der Waals surface area contributed by atoms with Gasteiger partial charge in [-0.05, 0) is 59.5 Å². The number of ether oxygens (including phenoxy) is 3. The van der Waals surface area contributed by atoms with Crippen molar-refractivity contribution in [2.75, 3.05) is 20.8 Å². The van der Waals surface area contributed by atoms with E-state index in [2.05, 4.69) is 27.4 Å². The first-order valence-electron chi connectivity index (χ1n) is 15.5. The number of pyridine rings is 1. The highest BCUT2D eigenvalue weighted by Gasteiger charge is 2.29. The summed E-state index contributed by atoms with van der Waals surface area (Å²) < 4.78 is 20.3. The number of rotatable bonds is 15. The molecule has 0 N–H and O–H groups in total. The Balaban J connectivity index is 1.61. The van der Waals surface area contributed by atoms with Crippen LogP contribution in [0.25, 0.3) is 22.5 Å². The van der Waals surface area contributed by atoms with Crippen LogP contribution in [0, 0.1) is 5.21 Å². The molecule has 2 aromatic carbocycles. The van der Waals surface area contributed by atoms with Crippen molar-refractivity contribution in [3.63, 3.8) is 0 Å². The van der Waals surface area contributed by atoms with Gasteiger partial charge < -0.3 is 24.0 Å². The highest BCUT2D eigenvalue weighted by molar-refractivity contribution is 6.33. The topological polar surface area (TPSA) is 133 Å². The molecule has 246 valence electrons. The smallest absolute Gasteiger partial charge is 0.277 e. The molecule has 5 rings (SSSR count). The molecule has 1 unspecified atom stereocenters. The van der Waals surface area contributed by atoms with Gasteiger partial charge in [0.2, 0.25) is 0 Å². The van der Waals surface area contributed by atoms with Gasteiger partial charge in [-0.2, -0.15) is 9.41 Å². The van der Waals surface area contributed by atoms with Crippen molar-refractivity contribution in [1.82, 2.24) is 29.8 Å². The zero-order valence-corrected chi connectivity index (χ0v) is 27.8. The van der Waals surface area contributed by atoms with Gasteiger partial charge in [-0.1, -0.05) is 67.4 Å². The standard InChI is InChI=1S/C34H38ClN7O5/c1-6-8-14-29-36-32(35)30(31(43)28-18-16-25(21-41(28)44)34(45-4)46-5)40(29)20-23-15-17-26(24-12-10-9-11-13-24)27(19-23)33-37-38-39-42(33)22(3)47-7-2/h9-13,15-19,21-22,34H,6-8,14,20H2,1-5H3. The third kappa shape index (κ3) is 7.25. The van der Waals surface area contributed by atoms with Crippen molar-refractivity contribution in [2.45, 2.75) is 59.1 Å². The van der Waals surface area contributed by atoms with Crippen molar-refractivity contribution in [3.8, 4) is 22.5 Å². The summed E-state index contributed by atoms with van der Waals surface area (Å²) in [6, 6.07) is 19.1. The number of methoxy groups -OCH3 is 2. The molecule has 0 aliphatic rings. The number of hydrogen-bond donors (Lipinski definition) is 0. The second kappa shape index (κ2) is 15.4. The molecule has 0 aliphatic carbocycles. The lowest BCUT2D eigenvalue weighted by molar-refractivity contribution is -0.608. The first-order valence-corrected chi connectivity index (χ1v) is 15.8. The molecule has 3 aromatic heterocycles. The number of aromatic nitrogens is 7. The molecule has 3 heterocycles. The van der Waals surface area contributed by atoms with Gasteiger partial charge in [-0.15, -0.1) is 5.10 Å². The Morgan fingerprint density at radius 2 is 1.81 bits per heavy atom. The van der Waals surface area contributed by atoms with Gasteiger partial charge in [0.1, 0.15) is 11.5 Å². The van der Waals surface area contributed by atoms with E-state index in [4.69, 9.17) is 25.8 Å². The summed E-state index contributed by atoms with van der Waals surface area (Å²) in [5.41, 5.74) is 4.06. The van der Waals surface area contributed by atoms with Crippen LogP contribution in [-0.2, 0) is 27.2 Å². The Kier molecular flexibility index (Phi) is 11.1. The van der Waals surface area contributed by atoms with E-state index in [1.165, 1.54) is 26.5 Å². The fourth-order valence-electron chi connectivity index (χ4n) is 5.54. The quantitative estimate of drug-likeness (QED) is 0.0578. The van der Waals surface area contributed by atoms with E-state index in [1.54, 1.807) is 15.3 Å². The second-order valence-electron chi connectivity index (χ2n) is 10.9. The van der Waals surface area contributed by atoms with Crippen molar-refractivity contribution < 1.29 is 23.7 Å². The number of nitrogens with zero attached hydrogens (tertiary/aromatic N) is 7. The van der Waals surface area contributed by atoms with E-state index < -0.39 is 18.3 Å². The van der Waals surface area contributed by atoms with Crippen molar-refractivity contribution in [3.05, 3.63) is 106 Å². The lowest BCUT2D eigenvalue weighted by Gasteiger charge is -2.17.